The van der Waals surface area contributed by atoms with Crippen LogP contribution >= 0.6 is 11.6 Å². The van der Waals surface area contributed by atoms with Gasteiger partial charge in [-0.1, -0.05) is 11.6 Å². The number of likely N-dealkylation sites (tertiary alicyclic amines) is 1. The molecule has 1 aromatic carbocycles. The summed E-state index contributed by atoms with van der Waals surface area (Å²) in [5.41, 5.74) is 5.29. The van der Waals surface area contributed by atoms with Crippen LogP contribution in [-0.4, -0.2) is 36.4 Å². The third kappa shape index (κ3) is 3.87. The standard InChI is InChI=1S/C14H17ClN2O3/c15-11-3-5-12(6-4-11)20-9-13(18)17-7-1-2-10(8-17)14(16)19/h3-6,10H,1-2,7-9H2,(H2,16,19)/t10-/m0/s1. The van der Waals surface area contributed by atoms with Gasteiger partial charge in [0.15, 0.2) is 6.61 Å². The van der Waals surface area contributed by atoms with Crippen LogP contribution in [0.25, 0.3) is 0 Å². The molecule has 20 heavy (non-hydrogen) atoms. The molecule has 0 aromatic heterocycles. The summed E-state index contributed by atoms with van der Waals surface area (Å²) in [6.45, 7) is 0.984. The SMILES string of the molecule is NC(=O)[C@H]1CCCN(C(=O)COc2ccc(Cl)cc2)C1. The maximum absolute atomic E-state index is 12.0. The van der Waals surface area contributed by atoms with Gasteiger partial charge in [0.1, 0.15) is 5.75 Å². The molecular weight excluding hydrogens is 280 g/mol. The zero-order chi connectivity index (χ0) is 14.5. The van der Waals surface area contributed by atoms with Gasteiger partial charge in [-0.3, -0.25) is 9.59 Å². The van der Waals surface area contributed by atoms with Crippen molar-refractivity contribution in [2.45, 2.75) is 12.8 Å². The first-order valence-electron chi connectivity index (χ1n) is 6.51. The first kappa shape index (κ1) is 14.7. The molecule has 6 heteroatoms. The van der Waals surface area contributed by atoms with E-state index in [1.54, 1.807) is 29.2 Å². The Kier molecular flexibility index (Phi) is 4.84. The molecule has 108 valence electrons. The highest BCUT2D eigenvalue weighted by molar-refractivity contribution is 6.30. The molecule has 0 saturated carbocycles. The maximum atomic E-state index is 12.0. The molecule has 1 heterocycles. The van der Waals surface area contributed by atoms with Gasteiger partial charge in [0.2, 0.25) is 5.91 Å². The van der Waals surface area contributed by atoms with Gasteiger partial charge < -0.3 is 15.4 Å². The largest absolute Gasteiger partial charge is 0.484 e. The third-order valence-electron chi connectivity index (χ3n) is 3.35. The quantitative estimate of drug-likeness (QED) is 0.914. The number of hydrogen-bond acceptors (Lipinski definition) is 3. The number of carbonyl (C=O) groups is 2. The zero-order valence-corrected chi connectivity index (χ0v) is 11.8. The molecule has 1 aliphatic heterocycles. The Balaban J connectivity index is 1.85. The van der Waals surface area contributed by atoms with Gasteiger partial charge in [-0.25, -0.2) is 0 Å². The van der Waals surface area contributed by atoms with Crippen molar-refractivity contribution in [3.8, 4) is 5.75 Å². The molecule has 0 bridgehead atoms. The molecule has 0 aliphatic carbocycles. The summed E-state index contributed by atoms with van der Waals surface area (Å²) in [6.07, 6.45) is 1.54. The number of ether oxygens (including phenoxy) is 1. The summed E-state index contributed by atoms with van der Waals surface area (Å²) in [5.74, 6) is -0.138. The van der Waals surface area contributed by atoms with Crippen LogP contribution in [-0.2, 0) is 9.59 Å². The van der Waals surface area contributed by atoms with Crippen LogP contribution in [0, 0.1) is 5.92 Å². The van der Waals surface area contributed by atoms with Crippen molar-refractivity contribution in [1.29, 1.82) is 0 Å². The van der Waals surface area contributed by atoms with E-state index >= 15 is 0 Å². The molecule has 2 rings (SSSR count). The average molecular weight is 297 g/mol. The summed E-state index contributed by atoms with van der Waals surface area (Å²) in [5, 5.41) is 0.615. The van der Waals surface area contributed by atoms with E-state index in [0.717, 1.165) is 12.8 Å². The number of rotatable bonds is 4. The topological polar surface area (TPSA) is 72.6 Å². The number of nitrogens with two attached hydrogens (primary N) is 1. The lowest BCUT2D eigenvalue weighted by molar-refractivity contribution is -0.136. The van der Waals surface area contributed by atoms with Crippen LogP contribution in [0.2, 0.25) is 5.02 Å². The lowest BCUT2D eigenvalue weighted by Crippen LogP contribution is -2.45. The fourth-order valence-corrected chi connectivity index (χ4v) is 2.33. The van der Waals surface area contributed by atoms with Gasteiger partial charge in [-0.05, 0) is 37.1 Å². The molecular formula is C14H17ClN2O3. The second-order valence-corrected chi connectivity index (χ2v) is 5.26. The number of piperidine rings is 1. The van der Waals surface area contributed by atoms with Crippen molar-refractivity contribution in [3.63, 3.8) is 0 Å². The number of nitrogens with zero attached hydrogens (tertiary/aromatic N) is 1. The van der Waals surface area contributed by atoms with Crippen LogP contribution in [0.4, 0.5) is 0 Å². The molecule has 0 unspecified atom stereocenters. The summed E-state index contributed by atoms with van der Waals surface area (Å²) in [6, 6.07) is 6.81. The van der Waals surface area contributed by atoms with Crippen LogP contribution in [0.1, 0.15) is 12.8 Å². The van der Waals surface area contributed by atoms with Crippen molar-refractivity contribution >= 4 is 23.4 Å². The minimum absolute atomic E-state index is 0.0485. The fraction of sp³-hybridized carbons (Fsp3) is 0.429. The van der Waals surface area contributed by atoms with Crippen molar-refractivity contribution < 1.29 is 14.3 Å². The van der Waals surface area contributed by atoms with Gasteiger partial charge in [-0.2, -0.15) is 0 Å². The lowest BCUT2D eigenvalue weighted by Gasteiger charge is -2.31. The summed E-state index contributed by atoms with van der Waals surface area (Å²) < 4.78 is 5.41. The van der Waals surface area contributed by atoms with Crippen molar-refractivity contribution in [3.05, 3.63) is 29.3 Å². The first-order valence-corrected chi connectivity index (χ1v) is 6.89. The summed E-state index contributed by atoms with van der Waals surface area (Å²) >= 11 is 5.77. The highest BCUT2D eigenvalue weighted by Gasteiger charge is 2.26. The molecule has 1 fully saturated rings. The molecule has 1 atom stereocenters. The average Bonchev–Trinajstić information content (AvgIpc) is 2.46. The van der Waals surface area contributed by atoms with E-state index in [9.17, 15) is 9.59 Å². The van der Waals surface area contributed by atoms with Crippen LogP contribution in [0.3, 0.4) is 0 Å². The molecule has 1 aromatic rings. The second-order valence-electron chi connectivity index (χ2n) is 4.82. The van der Waals surface area contributed by atoms with E-state index < -0.39 is 0 Å². The molecule has 0 spiro atoms. The molecule has 0 radical (unpaired) electrons. The minimum atomic E-state index is -0.346. The van der Waals surface area contributed by atoms with Crippen molar-refractivity contribution in [1.82, 2.24) is 4.90 Å². The van der Waals surface area contributed by atoms with Crippen molar-refractivity contribution in [2.75, 3.05) is 19.7 Å². The first-order chi connectivity index (χ1) is 9.56. The molecule has 1 aliphatic rings. The van der Waals surface area contributed by atoms with E-state index in [0.29, 0.717) is 23.9 Å². The van der Waals surface area contributed by atoms with Crippen molar-refractivity contribution in [2.24, 2.45) is 11.7 Å². The number of primary amides is 1. The zero-order valence-electron chi connectivity index (χ0n) is 11.0. The number of hydrogen-bond donors (Lipinski definition) is 1. The van der Waals surface area contributed by atoms with E-state index in [1.165, 1.54) is 0 Å². The van der Waals surface area contributed by atoms with Gasteiger partial charge in [0, 0.05) is 18.1 Å². The Labute approximate surface area is 122 Å². The van der Waals surface area contributed by atoms with E-state index in [-0.39, 0.29) is 24.3 Å². The van der Waals surface area contributed by atoms with Crippen LogP contribution in [0.15, 0.2) is 24.3 Å². The highest BCUT2D eigenvalue weighted by Crippen LogP contribution is 2.18. The second kappa shape index (κ2) is 6.61. The maximum Gasteiger partial charge on any atom is 0.260 e. The number of benzene rings is 1. The Hall–Kier alpha value is -1.75. The van der Waals surface area contributed by atoms with Gasteiger partial charge in [0.25, 0.3) is 5.91 Å². The Morgan fingerprint density at radius 3 is 2.70 bits per heavy atom. The fourth-order valence-electron chi connectivity index (χ4n) is 2.20. The molecule has 2 N–H and O–H groups in total. The van der Waals surface area contributed by atoms with Gasteiger partial charge in [-0.15, -0.1) is 0 Å². The van der Waals surface area contributed by atoms with Gasteiger partial charge >= 0.3 is 0 Å². The predicted molar refractivity (Wildman–Crippen MR) is 75.4 cm³/mol. The highest BCUT2D eigenvalue weighted by atomic mass is 35.5. The van der Waals surface area contributed by atoms with Crippen LogP contribution in [0.5, 0.6) is 5.75 Å². The van der Waals surface area contributed by atoms with Crippen LogP contribution < -0.4 is 10.5 Å². The minimum Gasteiger partial charge on any atom is -0.484 e. The van der Waals surface area contributed by atoms with E-state index in [1.807, 2.05) is 0 Å². The lowest BCUT2D eigenvalue weighted by atomic mass is 9.97. The number of carbonyl (C=O) groups excluding carboxylic acids is 2. The van der Waals surface area contributed by atoms with E-state index in [4.69, 9.17) is 22.1 Å². The summed E-state index contributed by atoms with van der Waals surface area (Å²) in [7, 11) is 0. The summed E-state index contributed by atoms with van der Waals surface area (Å²) in [4.78, 5) is 24.8. The smallest absolute Gasteiger partial charge is 0.260 e. The third-order valence-corrected chi connectivity index (χ3v) is 3.60. The number of halogens is 1. The predicted octanol–water partition coefficient (Wildman–Crippen LogP) is 1.44. The van der Waals surface area contributed by atoms with Gasteiger partial charge in [0.05, 0.1) is 5.92 Å². The normalized spacial score (nSPS) is 18.6. The molecule has 1 saturated heterocycles. The Morgan fingerprint density at radius 2 is 2.05 bits per heavy atom. The monoisotopic (exact) mass is 296 g/mol. The Morgan fingerprint density at radius 1 is 1.35 bits per heavy atom. The van der Waals surface area contributed by atoms with E-state index in [2.05, 4.69) is 0 Å². The molecule has 5 nitrogen and oxygen atoms in total. The Bertz CT molecular complexity index is 490. The number of amides is 2. The molecule has 2 amide bonds.